The van der Waals surface area contributed by atoms with Crippen LogP contribution in [0.3, 0.4) is 0 Å². The van der Waals surface area contributed by atoms with Crippen LogP contribution in [0.15, 0.2) is 54.6 Å². The SMILES string of the molecule is C[NH+](C)C1CCC(c2ccccc2C(C(=O)OCCS(=O)(=O)O)c2ccccc2)CC1. The van der Waals surface area contributed by atoms with Gasteiger partial charge in [-0.3, -0.25) is 9.35 Å². The molecule has 1 aliphatic rings. The fraction of sp³-hybridized carbons (Fsp3) is 0.458. The molecular formula is C24H32NO5S+. The highest BCUT2D eigenvalue weighted by Crippen LogP contribution is 2.38. The fourth-order valence-corrected chi connectivity index (χ4v) is 4.84. The van der Waals surface area contributed by atoms with Crippen LogP contribution >= 0.6 is 0 Å². The van der Waals surface area contributed by atoms with Crippen LogP contribution in [0.2, 0.25) is 0 Å². The second-order valence-electron chi connectivity index (χ2n) is 8.55. The number of quaternary nitrogens is 1. The summed E-state index contributed by atoms with van der Waals surface area (Å²) in [6.07, 6.45) is 4.45. The number of ether oxygens (including phenoxy) is 1. The molecule has 0 spiro atoms. The van der Waals surface area contributed by atoms with Crippen LogP contribution in [-0.2, 0) is 19.6 Å². The van der Waals surface area contributed by atoms with Crippen molar-refractivity contribution in [3.8, 4) is 0 Å². The summed E-state index contributed by atoms with van der Waals surface area (Å²) in [5.41, 5.74) is 2.87. The van der Waals surface area contributed by atoms with Crippen LogP contribution in [0.1, 0.15) is 54.2 Å². The molecule has 2 aromatic carbocycles. The smallest absolute Gasteiger partial charge is 0.317 e. The molecule has 1 aliphatic carbocycles. The van der Waals surface area contributed by atoms with Crippen LogP contribution in [-0.4, -0.2) is 51.4 Å². The van der Waals surface area contributed by atoms with Crippen molar-refractivity contribution in [2.75, 3.05) is 26.5 Å². The van der Waals surface area contributed by atoms with Crippen molar-refractivity contribution in [3.05, 3.63) is 71.3 Å². The van der Waals surface area contributed by atoms with Gasteiger partial charge in [0.25, 0.3) is 10.1 Å². The highest BCUT2D eigenvalue weighted by atomic mass is 32.2. The number of hydrogen-bond acceptors (Lipinski definition) is 4. The summed E-state index contributed by atoms with van der Waals surface area (Å²) < 4.78 is 36.3. The minimum absolute atomic E-state index is 0.375. The predicted molar refractivity (Wildman–Crippen MR) is 120 cm³/mol. The summed E-state index contributed by atoms with van der Waals surface area (Å²) >= 11 is 0. The van der Waals surface area contributed by atoms with E-state index < -0.39 is 27.8 Å². The lowest BCUT2D eigenvalue weighted by Gasteiger charge is -2.32. The van der Waals surface area contributed by atoms with E-state index in [1.807, 2.05) is 48.5 Å². The molecule has 0 aliphatic heterocycles. The van der Waals surface area contributed by atoms with Crippen LogP contribution in [0.5, 0.6) is 0 Å². The van der Waals surface area contributed by atoms with Crippen molar-refractivity contribution in [2.45, 2.75) is 43.6 Å². The van der Waals surface area contributed by atoms with Crippen molar-refractivity contribution >= 4 is 16.1 Å². The van der Waals surface area contributed by atoms with Gasteiger partial charge in [-0.25, -0.2) is 0 Å². The zero-order valence-electron chi connectivity index (χ0n) is 18.2. The van der Waals surface area contributed by atoms with E-state index in [0.717, 1.165) is 42.4 Å². The average molecular weight is 447 g/mol. The largest absolute Gasteiger partial charge is 0.464 e. The van der Waals surface area contributed by atoms with Crippen molar-refractivity contribution in [1.82, 2.24) is 0 Å². The monoisotopic (exact) mass is 446 g/mol. The standard InChI is InChI=1S/C24H31NO5S/c1-25(2)20-14-12-18(13-15-20)21-10-6-7-11-22(21)23(19-8-4-3-5-9-19)24(26)30-16-17-31(27,28)29/h3-11,18,20,23H,12-17H2,1-2H3,(H,27,28,29)/p+1. The highest BCUT2D eigenvalue weighted by Gasteiger charge is 2.32. The van der Waals surface area contributed by atoms with E-state index in [2.05, 4.69) is 20.2 Å². The Balaban J connectivity index is 1.89. The van der Waals surface area contributed by atoms with E-state index in [1.165, 1.54) is 4.90 Å². The maximum Gasteiger partial charge on any atom is 0.317 e. The van der Waals surface area contributed by atoms with E-state index >= 15 is 0 Å². The number of hydrogen-bond donors (Lipinski definition) is 2. The molecule has 0 saturated heterocycles. The summed E-state index contributed by atoms with van der Waals surface area (Å²) in [6.45, 7) is -0.375. The Hall–Kier alpha value is -2.22. The van der Waals surface area contributed by atoms with Gasteiger partial charge < -0.3 is 9.64 Å². The summed E-state index contributed by atoms with van der Waals surface area (Å²) in [6, 6.07) is 18.1. The lowest BCUT2D eigenvalue weighted by atomic mass is 9.76. The number of carbonyl (C=O) groups is 1. The Morgan fingerprint density at radius 2 is 1.65 bits per heavy atom. The van der Waals surface area contributed by atoms with Gasteiger partial charge in [-0.05, 0) is 48.3 Å². The van der Waals surface area contributed by atoms with E-state index in [-0.39, 0.29) is 6.61 Å². The summed E-state index contributed by atoms with van der Waals surface area (Å²) in [4.78, 5) is 14.6. The van der Waals surface area contributed by atoms with Crippen molar-refractivity contribution in [1.29, 1.82) is 0 Å². The minimum Gasteiger partial charge on any atom is -0.464 e. The predicted octanol–water partition coefficient (Wildman–Crippen LogP) is 2.42. The van der Waals surface area contributed by atoms with Crippen molar-refractivity contribution < 1.29 is 27.4 Å². The fourth-order valence-electron chi connectivity index (χ4n) is 4.55. The van der Waals surface area contributed by atoms with Crippen molar-refractivity contribution in [3.63, 3.8) is 0 Å². The lowest BCUT2D eigenvalue weighted by Crippen LogP contribution is -3.10. The maximum absolute atomic E-state index is 13.1. The molecule has 0 bridgehead atoms. The van der Waals surface area contributed by atoms with E-state index in [4.69, 9.17) is 9.29 Å². The maximum atomic E-state index is 13.1. The minimum atomic E-state index is -4.19. The number of esters is 1. The molecule has 0 amide bonds. The van der Waals surface area contributed by atoms with Gasteiger partial charge in [0.15, 0.2) is 0 Å². The second kappa shape index (κ2) is 10.4. The van der Waals surface area contributed by atoms with Crippen LogP contribution in [0.25, 0.3) is 0 Å². The van der Waals surface area contributed by atoms with Gasteiger partial charge in [0.1, 0.15) is 18.3 Å². The van der Waals surface area contributed by atoms with Gasteiger partial charge >= 0.3 is 5.97 Å². The number of carbonyl (C=O) groups excluding carboxylic acids is 1. The van der Waals surface area contributed by atoms with Gasteiger partial charge in [0.2, 0.25) is 0 Å². The van der Waals surface area contributed by atoms with Gasteiger partial charge in [0, 0.05) is 0 Å². The quantitative estimate of drug-likeness (QED) is 0.481. The third-order valence-corrected chi connectivity index (χ3v) is 6.93. The van der Waals surface area contributed by atoms with Gasteiger partial charge in [-0.15, -0.1) is 0 Å². The summed E-state index contributed by atoms with van der Waals surface area (Å²) in [5, 5.41) is 0. The molecule has 2 aromatic rings. The summed E-state index contributed by atoms with van der Waals surface area (Å²) in [7, 11) is 0.211. The van der Waals surface area contributed by atoms with Gasteiger partial charge in [-0.2, -0.15) is 8.42 Å². The molecule has 3 rings (SSSR count). The van der Waals surface area contributed by atoms with Gasteiger partial charge in [-0.1, -0.05) is 54.6 Å². The Labute approximate surface area is 185 Å². The molecule has 1 atom stereocenters. The molecule has 1 unspecified atom stereocenters. The van der Waals surface area contributed by atoms with Crippen LogP contribution in [0.4, 0.5) is 0 Å². The first-order valence-corrected chi connectivity index (χ1v) is 12.4. The Morgan fingerprint density at radius 1 is 1.03 bits per heavy atom. The zero-order valence-corrected chi connectivity index (χ0v) is 19.0. The number of nitrogens with one attached hydrogen (secondary N) is 1. The first-order chi connectivity index (χ1) is 14.8. The van der Waals surface area contributed by atoms with E-state index in [1.54, 1.807) is 0 Å². The molecule has 31 heavy (non-hydrogen) atoms. The topological polar surface area (TPSA) is 85.1 Å². The first-order valence-electron chi connectivity index (χ1n) is 10.8. The third kappa shape index (κ3) is 6.38. The Morgan fingerprint density at radius 3 is 2.26 bits per heavy atom. The Bertz CT molecular complexity index is 966. The lowest BCUT2D eigenvalue weighted by molar-refractivity contribution is -0.887. The van der Waals surface area contributed by atoms with Crippen molar-refractivity contribution in [2.24, 2.45) is 0 Å². The highest BCUT2D eigenvalue weighted by molar-refractivity contribution is 7.85. The molecule has 0 radical (unpaired) electrons. The molecule has 7 heteroatoms. The summed E-state index contributed by atoms with van der Waals surface area (Å²) in [5.74, 6) is -1.38. The van der Waals surface area contributed by atoms with E-state index in [9.17, 15) is 13.2 Å². The van der Waals surface area contributed by atoms with Crippen LogP contribution < -0.4 is 4.90 Å². The average Bonchev–Trinajstić information content (AvgIpc) is 2.74. The second-order valence-corrected chi connectivity index (χ2v) is 10.1. The number of benzene rings is 2. The van der Waals surface area contributed by atoms with Gasteiger partial charge in [0.05, 0.1) is 20.1 Å². The van der Waals surface area contributed by atoms with E-state index in [0.29, 0.717) is 12.0 Å². The Kier molecular flexibility index (Phi) is 7.86. The molecule has 0 heterocycles. The molecule has 168 valence electrons. The molecule has 6 nitrogen and oxygen atoms in total. The zero-order chi connectivity index (χ0) is 22.4. The molecule has 1 saturated carbocycles. The normalized spacial score (nSPS) is 20.4. The molecule has 1 fully saturated rings. The van der Waals surface area contributed by atoms with Crippen LogP contribution in [0, 0.1) is 0 Å². The third-order valence-electron chi connectivity index (χ3n) is 6.24. The molecular weight excluding hydrogens is 414 g/mol. The number of rotatable bonds is 8. The molecule has 0 aromatic heterocycles. The first kappa shape index (κ1) is 23.4. The molecule has 2 N–H and O–H groups in total.